The Morgan fingerprint density at radius 1 is 1.30 bits per heavy atom. The molecule has 4 heterocycles. The van der Waals surface area contributed by atoms with Gasteiger partial charge in [0.2, 0.25) is 0 Å². The number of nitrogens with zero attached hydrogens (tertiary/aromatic N) is 6. The normalized spacial score (nSPS) is 17.3. The lowest BCUT2D eigenvalue weighted by molar-refractivity contribution is 0.0991. The molecule has 2 aliphatic rings. The zero-order chi connectivity index (χ0) is 23.4. The Labute approximate surface area is 191 Å². The Morgan fingerprint density at radius 3 is 2.82 bits per heavy atom. The van der Waals surface area contributed by atoms with Gasteiger partial charge < -0.3 is 10.6 Å². The summed E-state index contributed by atoms with van der Waals surface area (Å²) in [6.45, 7) is 4.54. The highest BCUT2D eigenvalue weighted by molar-refractivity contribution is 6.08. The number of nitrogen functional groups attached to an aromatic ring is 1. The number of carbonyl (C=O) groups is 1. The minimum Gasteiger partial charge on any atom is -0.382 e. The highest BCUT2D eigenvalue weighted by atomic mass is 19.1. The van der Waals surface area contributed by atoms with E-state index in [1.807, 2.05) is 19.9 Å². The van der Waals surface area contributed by atoms with Crippen LogP contribution in [0.15, 0.2) is 30.5 Å². The van der Waals surface area contributed by atoms with Crippen LogP contribution in [-0.2, 0) is 0 Å². The minimum absolute atomic E-state index is 0.103. The summed E-state index contributed by atoms with van der Waals surface area (Å²) in [5.41, 5.74) is 9.54. The number of carbonyl (C=O) groups excluding carboxylic acids is 1. The maximum atomic E-state index is 14.4. The molecule has 1 atom stereocenters. The molecule has 0 aliphatic carbocycles. The van der Waals surface area contributed by atoms with Crippen LogP contribution in [0, 0.1) is 17.1 Å². The molecule has 0 saturated carbocycles. The topological polar surface area (TPSA) is 104 Å². The molecule has 0 spiro atoms. The molecule has 1 fully saturated rings. The molecular formula is C24H24FN7O. The van der Waals surface area contributed by atoms with Crippen LogP contribution in [0.25, 0.3) is 11.1 Å². The van der Waals surface area contributed by atoms with Crippen molar-refractivity contribution >= 4 is 23.2 Å². The molecule has 168 valence electrons. The lowest BCUT2D eigenvalue weighted by Crippen LogP contribution is -2.30. The fourth-order valence-corrected chi connectivity index (χ4v) is 4.89. The van der Waals surface area contributed by atoms with E-state index in [1.165, 1.54) is 23.1 Å². The molecule has 5 rings (SSSR count). The lowest BCUT2D eigenvalue weighted by atomic mass is 9.97. The van der Waals surface area contributed by atoms with Crippen molar-refractivity contribution in [3.8, 4) is 17.2 Å². The Morgan fingerprint density at radius 2 is 2.09 bits per heavy atom. The SMILES string of the molecule is CC(C)n1nc2c(c1C#N)-c1cnc(N)c(c1)N1CCC[C@@H]1c1cc(F)ccc1C(=O)N2C. The highest BCUT2D eigenvalue weighted by Gasteiger charge is 2.35. The molecule has 2 aliphatic heterocycles. The average molecular weight is 446 g/mol. The van der Waals surface area contributed by atoms with Gasteiger partial charge in [0.05, 0.1) is 17.3 Å². The van der Waals surface area contributed by atoms with Crippen LogP contribution < -0.4 is 15.5 Å². The number of nitrogens with two attached hydrogens (primary N) is 1. The largest absolute Gasteiger partial charge is 0.382 e. The number of fused-ring (bicyclic) bond motifs is 8. The van der Waals surface area contributed by atoms with Gasteiger partial charge in [-0.3, -0.25) is 9.69 Å². The van der Waals surface area contributed by atoms with Gasteiger partial charge in [-0.1, -0.05) is 0 Å². The fraction of sp³-hybridized carbons (Fsp3) is 0.333. The Kier molecular flexibility index (Phi) is 4.81. The van der Waals surface area contributed by atoms with Gasteiger partial charge in [-0.05, 0) is 56.5 Å². The first-order valence-electron chi connectivity index (χ1n) is 10.9. The standard InChI is InChI=1S/C24H24FN7O/c1-13(2)32-20(11-26)21-14-9-19(22(27)28-12-14)31-8-4-5-18(31)17-10-15(25)6-7-16(17)24(33)30(3)23(21)29-32/h6-7,9-10,12-13,18H,4-5,8H2,1-3H3,(H2,27,28)/t18-/m1/s1. The van der Waals surface area contributed by atoms with E-state index < -0.39 is 5.82 Å². The van der Waals surface area contributed by atoms with Crippen LogP contribution in [0.5, 0.6) is 0 Å². The van der Waals surface area contributed by atoms with E-state index in [0.717, 1.165) is 12.8 Å². The number of aromatic nitrogens is 3. The predicted octanol–water partition coefficient (Wildman–Crippen LogP) is 4.05. The monoisotopic (exact) mass is 445 g/mol. The zero-order valence-electron chi connectivity index (χ0n) is 18.7. The third kappa shape index (κ3) is 3.13. The van der Waals surface area contributed by atoms with Crippen molar-refractivity contribution in [2.75, 3.05) is 29.1 Å². The summed E-state index contributed by atoms with van der Waals surface area (Å²) < 4.78 is 16.0. The van der Waals surface area contributed by atoms with E-state index in [1.54, 1.807) is 17.9 Å². The van der Waals surface area contributed by atoms with Crippen molar-refractivity contribution in [1.29, 1.82) is 5.26 Å². The molecule has 33 heavy (non-hydrogen) atoms. The number of amides is 1. The summed E-state index contributed by atoms with van der Waals surface area (Å²) in [5.74, 6) is -0.0202. The molecule has 9 heteroatoms. The van der Waals surface area contributed by atoms with Gasteiger partial charge in [0, 0.05) is 37.0 Å². The fourth-order valence-electron chi connectivity index (χ4n) is 4.89. The molecule has 2 aromatic heterocycles. The summed E-state index contributed by atoms with van der Waals surface area (Å²) >= 11 is 0. The maximum Gasteiger partial charge on any atom is 0.259 e. The van der Waals surface area contributed by atoms with Crippen LogP contribution in [0.1, 0.15) is 60.4 Å². The molecule has 2 N–H and O–H groups in total. The summed E-state index contributed by atoms with van der Waals surface area (Å²) in [6.07, 6.45) is 3.23. The van der Waals surface area contributed by atoms with E-state index >= 15 is 0 Å². The van der Waals surface area contributed by atoms with Crippen molar-refractivity contribution < 1.29 is 9.18 Å². The molecule has 8 nitrogen and oxygen atoms in total. The molecule has 3 aromatic rings. The number of anilines is 3. The summed E-state index contributed by atoms with van der Waals surface area (Å²) in [7, 11) is 1.63. The van der Waals surface area contributed by atoms with E-state index in [0.29, 0.717) is 51.8 Å². The highest BCUT2D eigenvalue weighted by Crippen LogP contribution is 2.44. The third-order valence-corrected chi connectivity index (χ3v) is 6.46. The van der Waals surface area contributed by atoms with E-state index in [9.17, 15) is 14.4 Å². The third-order valence-electron chi connectivity index (χ3n) is 6.46. The first-order valence-corrected chi connectivity index (χ1v) is 10.9. The minimum atomic E-state index is -0.401. The van der Waals surface area contributed by atoms with Gasteiger partial charge in [-0.25, -0.2) is 14.1 Å². The van der Waals surface area contributed by atoms with Gasteiger partial charge in [0.1, 0.15) is 23.4 Å². The second kappa shape index (κ2) is 7.59. The van der Waals surface area contributed by atoms with Crippen LogP contribution in [-0.4, -0.2) is 34.3 Å². The summed E-state index contributed by atoms with van der Waals surface area (Å²) in [6, 6.07) is 8.09. The molecule has 1 aromatic carbocycles. The quantitative estimate of drug-likeness (QED) is 0.606. The summed E-state index contributed by atoms with van der Waals surface area (Å²) in [5, 5.41) is 14.7. The Bertz CT molecular complexity index is 1320. The number of hydrogen-bond donors (Lipinski definition) is 1. The van der Waals surface area contributed by atoms with E-state index in [4.69, 9.17) is 5.73 Å². The molecule has 1 saturated heterocycles. The number of halogens is 1. The zero-order valence-corrected chi connectivity index (χ0v) is 18.7. The van der Waals surface area contributed by atoms with Gasteiger partial charge in [0.15, 0.2) is 5.82 Å². The van der Waals surface area contributed by atoms with E-state index in [2.05, 4.69) is 21.1 Å². The Hall–Kier alpha value is -3.93. The number of pyridine rings is 1. The first kappa shape index (κ1) is 20.9. The van der Waals surface area contributed by atoms with Crippen molar-refractivity contribution in [2.45, 2.75) is 38.8 Å². The molecule has 0 radical (unpaired) electrons. The lowest BCUT2D eigenvalue weighted by Gasteiger charge is -2.29. The molecule has 1 amide bonds. The number of rotatable bonds is 1. The van der Waals surface area contributed by atoms with E-state index in [-0.39, 0.29) is 18.0 Å². The van der Waals surface area contributed by atoms with Crippen molar-refractivity contribution in [2.24, 2.45) is 0 Å². The second-order valence-electron chi connectivity index (χ2n) is 8.77. The van der Waals surface area contributed by atoms with Crippen LogP contribution in [0.3, 0.4) is 0 Å². The number of hydrogen-bond acceptors (Lipinski definition) is 6. The molecule has 2 bridgehead atoms. The molecular weight excluding hydrogens is 421 g/mol. The van der Waals surface area contributed by atoms with Crippen LogP contribution in [0.2, 0.25) is 0 Å². The van der Waals surface area contributed by atoms with Gasteiger partial charge in [-0.15, -0.1) is 0 Å². The smallest absolute Gasteiger partial charge is 0.259 e. The Balaban J connectivity index is 1.87. The van der Waals surface area contributed by atoms with Gasteiger partial charge in [0.25, 0.3) is 5.91 Å². The van der Waals surface area contributed by atoms with Gasteiger partial charge >= 0.3 is 0 Å². The number of benzene rings is 1. The van der Waals surface area contributed by atoms with Crippen LogP contribution in [0.4, 0.5) is 21.7 Å². The van der Waals surface area contributed by atoms with Crippen LogP contribution >= 0.6 is 0 Å². The van der Waals surface area contributed by atoms with Crippen molar-refractivity contribution in [3.63, 3.8) is 0 Å². The molecule has 0 unspecified atom stereocenters. The number of nitriles is 1. The second-order valence-corrected chi connectivity index (χ2v) is 8.77. The first-order chi connectivity index (χ1) is 15.8. The summed E-state index contributed by atoms with van der Waals surface area (Å²) in [4.78, 5) is 21.7. The van der Waals surface area contributed by atoms with Crippen molar-refractivity contribution in [3.05, 3.63) is 53.1 Å². The van der Waals surface area contributed by atoms with Gasteiger partial charge in [-0.2, -0.15) is 10.4 Å². The average Bonchev–Trinajstić information content (AvgIpc) is 3.43. The maximum absolute atomic E-state index is 14.4. The predicted molar refractivity (Wildman–Crippen MR) is 123 cm³/mol. The van der Waals surface area contributed by atoms with Crippen molar-refractivity contribution in [1.82, 2.24) is 14.8 Å².